The van der Waals surface area contributed by atoms with Gasteiger partial charge in [0.1, 0.15) is 5.69 Å². The van der Waals surface area contributed by atoms with Gasteiger partial charge in [-0.3, -0.25) is 4.79 Å². The number of nitrogens with one attached hydrogen (secondary N) is 2. The molecule has 0 unspecified atom stereocenters. The number of hydrogen-bond donors (Lipinski definition) is 2. The van der Waals surface area contributed by atoms with Crippen LogP contribution in [0.1, 0.15) is 68.9 Å². The molecule has 0 saturated heterocycles. The van der Waals surface area contributed by atoms with Crippen LogP contribution in [0.3, 0.4) is 0 Å². The molecule has 5 nitrogen and oxygen atoms in total. The smallest absolute Gasteiger partial charge is 0.270 e. The summed E-state index contributed by atoms with van der Waals surface area (Å²) in [5, 5.41) is 6.14. The van der Waals surface area contributed by atoms with Crippen molar-refractivity contribution >= 4 is 17.5 Å². The Labute approximate surface area is 167 Å². The van der Waals surface area contributed by atoms with Gasteiger partial charge >= 0.3 is 0 Å². The van der Waals surface area contributed by atoms with Crippen LogP contribution in [0, 0.1) is 0 Å². The van der Waals surface area contributed by atoms with Gasteiger partial charge in [-0.05, 0) is 61.3 Å². The van der Waals surface area contributed by atoms with Gasteiger partial charge in [-0.1, -0.05) is 44.6 Å². The fourth-order valence-electron chi connectivity index (χ4n) is 3.29. The molecule has 1 aliphatic rings. The van der Waals surface area contributed by atoms with Gasteiger partial charge in [0.15, 0.2) is 0 Å². The number of nitrogens with zero attached hydrogens (tertiary/aromatic N) is 2. The number of carbonyl (C=O) groups is 1. The van der Waals surface area contributed by atoms with Gasteiger partial charge in [-0.25, -0.2) is 9.97 Å². The third-order valence-corrected chi connectivity index (χ3v) is 5.01. The second kappa shape index (κ2) is 9.00. The molecule has 0 bridgehead atoms. The summed E-state index contributed by atoms with van der Waals surface area (Å²) in [7, 11) is 0. The largest absolute Gasteiger partial charge is 0.350 e. The average molecular weight is 379 g/mol. The quantitative estimate of drug-likeness (QED) is 0.683. The van der Waals surface area contributed by atoms with Gasteiger partial charge in [0, 0.05) is 18.4 Å². The predicted molar refractivity (Wildman–Crippen MR) is 114 cm³/mol. The zero-order chi connectivity index (χ0) is 20.0. The molecule has 2 N–H and O–H groups in total. The van der Waals surface area contributed by atoms with Crippen LogP contribution in [-0.2, 0) is 5.41 Å². The lowest BCUT2D eigenvalue weighted by atomic mass is 9.87. The van der Waals surface area contributed by atoms with E-state index < -0.39 is 0 Å². The fraction of sp³-hybridized carbons (Fsp3) is 0.435. The van der Waals surface area contributed by atoms with Crippen LogP contribution in [0.25, 0.3) is 0 Å². The van der Waals surface area contributed by atoms with Crippen molar-refractivity contribution in [3.8, 4) is 0 Å². The second-order valence-electron chi connectivity index (χ2n) is 8.33. The van der Waals surface area contributed by atoms with E-state index in [1.807, 2.05) is 12.1 Å². The first-order valence-corrected chi connectivity index (χ1v) is 10.1. The lowest BCUT2D eigenvalue weighted by Gasteiger charge is -2.19. The monoisotopic (exact) mass is 378 g/mol. The van der Waals surface area contributed by atoms with E-state index in [-0.39, 0.29) is 11.3 Å². The molecule has 0 atom stereocenters. The molecule has 1 aromatic heterocycles. The summed E-state index contributed by atoms with van der Waals surface area (Å²) in [6, 6.07) is 9.85. The van der Waals surface area contributed by atoms with Crippen LogP contribution in [0.5, 0.6) is 0 Å². The van der Waals surface area contributed by atoms with Crippen molar-refractivity contribution < 1.29 is 4.79 Å². The van der Waals surface area contributed by atoms with Gasteiger partial charge in [0.25, 0.3) is 5.91 Å². The predicted octanol–water partition coefficient (Wildman–Crippen LogP) is 5.14. The average Bonchev–Trinajstić information content (AvgIpc) is 2.69. The van der Waals surface area contributed by atoms with Gasteiger partial charge < -0.3 is 10.6 Å². The van der Waals surface area contributed by atoms with E-state index in [0.717, 1.165) is 18.5 Å². The van der Waals surface area contributed by atoms with Crippen LogP contribution >= 0.6 is 0 Å². The molecule has 0 saturated carbocycles. The van der Waals surface area contributed by atoms with E-state index in [4.69, 9.17) is 0 Å². The Kier molecular flexibility index (Phi) is 6.45. The van der Waals surface area contributed by atoms with Crippen LogP contribution in [0.2, 0.25) is 0 Å². The van der Waals surface area contributed by atoms with Crippen molar-refractivity contribution in [2.45, 2.75) is 58.3 Å². The number of amides is 1. The van der Waals surface area contributed by atoms with Crippen molar-refractivity contribution in [1.82, 2.24) is 15.3 Å². The summed E-state index contributed by atoms with van der Waals surface area (Å²) >= 11 is 0. The molecule has 28 heavy (non-hydrogen) atoms. The van der Waals surface area contributed by atoms with Crippen molar-refractivity contribution in [2.24, 2.45) is 0 Å². The zero-order valence-electron chi connectivity index (χ0n) is 17.1. The number of hydrogen-bond acceptors (Lipinski definition) is 4. The maximum Gasteiger partial charge on any atom is 0.270 e. The Morgan fingerprint density at radius 2 is 1.89 bits per heavy atom. The molecule has 0 spiro atoms. The number of benzene rings is 1. The molecular formula is C23H30N4O. The molecule has 1 amide bonds. The lowest BCUT2D eigenvalue weighted by molar-refractivity contribution is 0.0949. The molecule has 3 rings (SSSR count). The Morgan fingerprint density at radius 3 is 2.57 bits per heavy atom. The molecule has 1 aliphatic carbocycles. The summed E-state index contributed by atoms with van der Waals surface area (Å²) in [6.07, 6.45) is 9.71. The third-order valence-electron chi connectivity index (χ3n) is 5.01. The molecule has 1 aromatic carbocycles. The van der Waals surface area contributed by atoms with E-state index >= 15 is 0 Å². The molecule has 1 heterocycles. The maximum atomic E-state index is 12.4. The summed E-state index contributed by atoms with van der Waals surface area (Å²) < 4.78 is 0. The minimum Gasteiger partial charge on any atom is -0.350 e. The molecule has 0 radical (unpaired) electrons. The van der Waals surface area contributed by atoms with Gasteiger partial charge in [0.2, 0.25) is 5.95 Å². The van der Waals surface area contributed by atoms with Gasteiger partial charge in [-0.2, -0.15) is 0 Å². The highest BCUT2D eigenvalue weighted by atomic mass is 16.1. The lowest BCUT2D eigenvalue weighted by Crippen LogP contribution is -2.26. The van der Waals surface area contributed by atoms with Crippen molar-refractivity contribution in [3.05, 3.63) is 59.4 Å². The number of carbonyl (C=O) groups excluding carboxylic acids is 1. The standard InChI is InChI=1S/C23H30N4O/c1-23(2,3)18-9-11-19(12-10-18)26-22-25-16-14-20(27-22)21(28)24-15-13-17-7-5-4-6-8-17/h7,9-12,14,16H,4-6,8,13,15H2,1-3H3,(H,24,28)(H,25,26,27). The molecule has 0 aliphatic heterocycles. The molecule has 2 aromatic rings. The van der Waals surface area contributed by atoms with E-state index in [0.29, 0.717) is 18.2 Å². The fourth-order valence-corrected chi connectivity index (χ4v) is 3.29. The van der Waals surface area contributed by atoms with Crippen LogP contribution in [0.4, 0.5) is 11.6 Å². The maximum absolute atomic E-state index is 12.4. The normalized spacial score (nSPS) is 14.3. The highest BCUT2D eigenvalue weighted by molar-refractivity contribution is 5.92. The van der Waals surface area contributed by atoms with Crippen molar-refractivity contribution in [2.75, 3.05) is 11.9 Å². The van der Waals surface area contributed by atoms with Gasteiger partial charge in [-0.15, -0.1) is 0 Å². The summed E-state index contributed by atoms with van der Waals surface area (Å²) in [5.74, 6) is 0.260. The highest BCUT2D eigenvalue weighted by Gasteiger charge is 2.13. The summed E-state index contributed by atoms with van der Waals surface area (Å²) in [4.78, 5) is 21.0. The zero-order valence-corrected chi connectivity index (χ0v) is 17.1. The van der Waals surface area contributed by atoms with Crippen molar-refractivity contribution in [1.29, 1.82) is 0 Å². The molecule has 148 valence electrons. The third kappa shape index (κ3) is 5.65. The SMILES string of the molecule is CC(C)(C)c1ccc(Nc2nccc(C(=O)NCCC3=CCCCC3)n2)cc1. The molecule has 5 heteroatoms. The van der Waals surface area contributed by atoms with Crippen LogP contribution in [-0.4, -0.2) is 22.4 Å². The molecule has 0 fully saturated rings. The van der Waals surface area contributed by atoms with E-state index in [1.165, 1.54) is 30.4 Å². The van der Waals surface area contributed by atoms with E-state index in [1.54, 1.807) is 12.3 Å². The Balaban J connectivity index is 1.57. The number of anilines is 2. The first-order chi connectivity index (χ1) is 13.4. The Hall–Kier alpha value is -2.69. The van der Waals surface area contributed by atoms with Crippen molar-refractivity contribution in [3.63, 3.8) is 0 Å². The van der Waals surface area contributed by atoms with E-state index in [9.17, 15) is 4.79 Å². The molecular weight excluding hydrogens is 348 g/mol. The van der Waals surface area contributed by atoms with Gasteiger partial charge in [0.05, 0.1) is 0 Å². The Bertz CT molecular complexity index is 834. The number of aromatic nitrogens is 2. The first kappa shape index (κ1) is 20.1. The minimum atomic E-state index is -0.162. The van der Waals surface area contributed by atoms with Crippen LogP contribution in [0.15, 0.2) is 48.2 Å². The van der Waals surface area contributed by atoms with E-state index in [2.05, 4.69) is 59.6 Å². The number of rotatable bonds is 6. The second-order valence-corrected chi connectivity index (χ2v) is 8.33. The summed E-state index contributed by atoms with van der Waals surface area (Å²) in [5.41, 5.74) is 4.10. The topological polar surface area (TPSA) is 66.9 Å². The Morgan fingerprint density at radius 1 is 1.11 bits per heavy atom. The highest BCUT2D eigenvalue weighted by Crippen LogP contribution is 2.24. The van der Waals surface area contributed by atoms with Crippen LogP contribution < -0.4 is 10.6 Å². The summed E-state index contributed by atoms with van der Waals surface area (Å²) in [6.45, 7) is 7.20. The number of allylic oxidation sites excluding steroid dienone is 1. The minimum absolute atomic E-state index is 0.112. The first-order valence-electron chi connectivity index (χ1n) is 10.1.